The van der Waals surface area contributed by atoms with Crippen LogP contribution in [0.3, 0.4) is 0 Å². The molecule has 0 amide bonds. The summed E-state index contributed by atoms with van der Waals surface area (Å²) in [6, 6.07) is 12.2. The van der Waals surface area contributed by atoms with Crippen molar-refractivity contribution in [3.05, 3.63) is 64.1 Å². The Morgan fingerprint density at radius 2 is 1.77 bits per heavy atom. The Labute approximate surface area is 184 Å². The number of aromatic nitrogens is 3. The highest BCUT2D eigenvalue weighted by atomic mass is 16.1. The molecule has 1 aliphatic rings. The van der Waals surface area contributed by atoms with Crippen LogP contribution in [0.15, 0.2) is 47.4 Å². The van der Waals surface area contributed by atoms with E-state index in [9.17, 15) is 4.79 Å². The van der Waals surface area contributed by atoms with Gasteiger partial charge in [0, 0.05) is 30.7 Å². The fraction of sp³-hybridized carbons (Fsp3) is 0.480. The van der Waals surface area contributed by atoms with Crippen molar-refractivity contribution in [3.8, 4) is 0 Å². The molecule has 1 unspecified atom stereocenters. The number of hydrogen-bond acceptors (Lipinski definition) is 5. The van der Waals surface area contributed by atoms with Gasteiger partial charge in [0.25, 0.3) is 5.56 Å². The van der Waals surface area contributed by atoms with E-state index in [0.29, 0.717) is 18.1 Å². The van der Waals surface area contributed by atoms with Gasteiger partial charge in [0.2, 0.25) is 5.95 Å². The Kier molecular flexibility index (Phi) is 6.10. The Balaban J connectivity index is 1.52. The predicted molar refractivity (Wildman–Crippen MR) is 126 cm³/mol. The molecule has 1 aromatic carbocycles. The third-order valence-corrected chi connectivity index (χ3v) is 5.79. The summed E-state index contributed by atoms with van der Waals surface area (Å²) in [5.41, 5.74) is 3.16. The number of likely N-dealkylation sites (tertiary alicyclic amines) is 1. The second kappa shape index (κ2) is 8.79. The first kappa shape index (κ1) is 21.5. The van der Waals surface area contributed by atoms with E-state index in [1.54, 1.807) is 22.9 Å². The zero-order chi connectivity index (χ0) is 22.0. The van der Waals surface area contributed by atoms with E-state index in [0.717, 1.165) is 11.9 Å². The lowest BCUT2D eigenvalue weighted by Crippen LogP contribution is -2.27. The van der Waals surface area contributed by atoms with Gasteiger partial charge in [0.1, 0.15) is 5.65 Å². The van der Waals surface area contributed by atoms with Crippen LogP contribution >= 0.6 is 0 Å². The molecular weight excluding hydrogens is 386 g/mol. The molecule has 1 atom stereocenters. The van der Waals surface area contributed by atoms with E-state index in [-0.39, 0.29) is 17.0 Å². The Hall–Kier alpha value is -2.73. The smallest absolute Gasteiger partial charge is 0.252 e. The molecule has 0 bridgehead atoms. The molecule has 1 saturated heterocycles. The third kappa shape index (κ3) is 5.31. The minimum atomic E-state index is -0.0336. The molecule has 0 saturated carbocycles. The molecule has 3 aromatic rings. The van der Waals surface area contributed by atoms with Gasteiger partial charge >= 0.3 is 0 Å². The first-order valence-corrected chi connectivity index (χ1v) is 11.2. The molecule has 4 rings (SSSR count). The van der Waals surface area contributed by atoms with Crippen LogP contribution in [-0.4, -0.2) is 32.5 Å². The number of nitrogens with zero attached hydrogens (tertiary/aromatic N) is 4. The zero-order valence-electron chi connectivity index (χ0n) is 19.1. The van der Waals surface area contributed by atoms with E-state index >= 15 is 0 Å². The Morgan fingerprint density at radius 3 is 2.45 bits per heavy atom. The van der Waals surface area contributed by atoms with Crippen LogP contribution < -0.4 is 10.9 Å². The number of rotatable bonds is 6. The minimum absolute atomic E-state index is 0.0270. The lowest BCUT2D eigenvalue weighted by Gasteiger charge is -2.21. The maximum absolute atomic E-state index is 12.5. The summed E-state index contributed by atoms with van der Waals surface area (Å²) in [5.74, 6) is 0.536. The number of nitrogens with one attached hydrogen (secondary N) is 1. The van der Waals surface area contributed by atoms with Crippen molar-refractivity contribution in [2.75, 3.05) is 18.4 Å². The molecule has 164 valence electrons. The van der Waals surface area contributed by atoms with E-state index in [2.05, 4.69) is 67.2 Å². The summed E-state index contributed by atoms with van der Waals surface area (Å²) >= 11 is 0. The first-order valence-electron chi connectivity index (χ1n) is 11.2. The number of hydrogen-bond donors (Lipinski definition) is 1. The SMILES string of the molecule is CC(Nc1ncc2ccc(=O)n(CC(C)(C)C)c2n1)c1ccc(CN2CCCC2)cc1. The van der Waals surface area contributed by atoms with Gasteiger partial charge in [0.15, 0.2) is 0 Å². The van der Waals surface area contributed by atoms with E-state index in [1.165, 1.54) is 37.1 Å². The molecule has 2 aromatic heterocycles. The van der Waals surface area contributed by atoms with Gasteiger partial charge in [-0.05, 0) is 55.5 Å². The van der Waals surface area contributed by atoms with Crippen LogP contribution in [0.4, 0.5) is 5.95 Å². The van der Waals surface area contributed by atoms with Crippen molar-refractivity contribution in [2.45, 2.75) is 59.7 Å². The molecule has 0 radical (unpaired) electrons. The molecule has 6 nitrogen and oxygen atoms in total. The highest BCUT2D eigenvalue weighted by Crippen LogP contribution is 2.22. The van der Waals surface area contributed by atoms with Crippen molar-refractivity contribution < 1.29 is 0 Å². The molecule has 0 aliphatic carbocycles. The molecule has 6 heteroatoms. The Bertz CT molecular complexity index is 1090. The summed E-state index contributed by atoms with van der Waals surface area (Å²) in [5, 5.41) is 4.27. The lowest BCUT2D eigenvalue weighted by molar-refractivity contribution is 0.331. The quantitative estimate of drug-likeness (QED) is 0.632. The van der Waals surface area contributed by atoms with Crippen LogP contribution in [0.5, 0.6) is 0 Å². The van der Waals surface area contributed by atoms with Gasteiger partial charge in [-0.2, -0.15) is 4.98 Å². The van der Waals surface area contributed by atoms with Crippen LogP contribution in [0.25, 0.3) is 11.0 Å². The van der Waals surface area contributed by atoms with Crippen molar-refractivity contribution in [3.63, 3.8) is 0 Å². The first-order chi connectivity index (χ1) is 14.8. The number of anilines is 1. The summed E-state index contributed by atoms with van der Waals surface area (Å²) in [7, 11) is 0. The second-order valence-electron chi connectivity index (χ2n) is 9.88. The van der Waals surface area contributed by atoms with Crippen LogP contribution in [0, 0.1) is 5.41 Å². The van der Waals surface area contributed by atoms with Gasteiger partial charge in [-0.3, -0.25) is 14.3 Å². The van der Waals surface area contributed by atoms with Gasteiger partial charge in [-0.25, -0.2) is 4.98 Å². The normalized spacial score (nSPS) is 16.0. The fourth-order valence-electron chi connectivity index (χ4n) is 4.16. The van der Waals surface area contributed by atoms with Crippen molar-refractivity contribution in [1.82, 2.24) is 19.4 Å². The largest absolute Gasteiger partial charge is 0.348 e. The summed E-state index contributed by atoms with van der Waals surface area (Å²) < 4.78 is 1.75. The van der Waals surface area contributed by atoms with Gasteiger partial charge in [0.05, 0.1) is 6.04 Å². The van der Waals surface area contributed by atoms with E-state index in [1.807, 2.05) is 0 Å². The molecule has 0 spiro atoms. The second-order valence-corrected chi connectivity index (χ2v) is 9.88. The van der Waals surface area contributed by atoms with Crippen LogP contribution in [0.2, 0.25) is 0 Å². The molecule has 1 fully saturated rings. The predicted octanol–water partition coefficient (Wildman–Crippen LogP) is 4.61. The summed E-state index contributed by atoms with van der Waals surface area (Å²) in [4.78, 5) is 24.2. The minimum Gasteiger partial charge on any atom is -0.348 e. The van der Waals surface area contributed by atoms with Gasteiger partial charge in [-0.1, -0.05) is 45.0 Å². The third-order valence-electron chi connectivity index (χ3n) is 5.79. The highest BCUT2D eigenvalue weighted by Gasteiger charge is 2.16. The average molecular weight is 420 g/mol. The Morgan fingerprint density at radius 1 is 1.06 bits per heavy atom. The molecular formula is C25H33N5O. The maximum atomic E-state index is 12.5. The summed E-state index contributed by atoms with van der Waals surface area (Å²) in [6.45, 7) is 12.5. The van der Waals surface area contributed by atoms with Crippen molar-refractivity contribution >= 4 is 17.0 Å². The number of benzene rings is 1. The zero-order valence-corrected chi connectivity index (χ0v) is 19.1. The fourth-order valence-corrected chi connectivity index (χ4v) is 4.16. The number of fused-ring (bicyclic) bond motifs is 1. The van der Waals surface area contributed by atoms with E-state index < -0.39 is 0 Å². The highest BCUT2D eigenvalue weighted by molar-refractivity contribution is 5.75. The van der Waals surface area contributed by atoms with Gasteiger partial charge < -0.3 is 5.32 Å². The maximum Gasteiger partial charge on any atom is 0.252 e. The van der Waals surface area contributed by atoms with Crippen LogP contribution in [-0.2, 0) is 13.1 Å². The van der Waals surface area contributed by atoms with Crippen molar-refractivity contribution in [1.29, 1.82) is 0 Å². The molecule has 1 aliphatic heterocycles. The van der Waals surface area contributed by atoms with Crippen molar-refractivity contribution in [2.24, 2.45) is 5.41 Å². The van der Waals surface area contributed by atoms with Gasteiger partial charge in [-0.15, -0.1) is 0 Å². The summed E-state index contributed by atoms with van der Waals surface area (Å²) in [6.07, 6.45) is 4.41. The average Bonchev–Trinajstić information content (AvgIpc) is 3.23. The van der Waals surface area contributed by atoms with E-state index in [4.69, 9.17) is 4.98 Å². The molecule has 3 heterocycles. The standard InChI is InChI=1S/C25H33N5O/c1-18(20-9-7-19(8-10-20)16-29-13-5-6-14-29)27-24-26-15-21-11-12-22(31)30(23(21)28-24)17-25(2,3)4/h7-12,15,18H,5-6,13-14,16-17H2,1-4H3,(H,26,27,28). The molecule has 1 N–H and O–H groups in total. The topological polar surface area (TPSA) is 63.1 Å². The monoisotopic (exact) mass is 419 g/mol. The molecule has 31 heavy (non-hydrogen) atoms. The number of pyridine rings is 1. The van der Waals surface area contributed by atoms with Crippen LogP contribution in [0.1, 0.15) is 57.7 Å². The lowest BCUT2D eigenvalue weighted by atomic mass is 9.97.